The van der Waals surface area contributed by atoms with Crippen molar-refractivity contribution in [1.29, 1.82) is 0 Å². The van der Waals surface area contributed by atoms with Crippen LogP contribution in [0, 0.1) is 0 Å². The SMILES string of the molecule is CNC(c1c(Br)cnn1C)C1(c2ccccc2)CC1. The van der Waals surface area contributed by atoms with Gasteiger partial charge in [0.05, 0.1) is 22.4 Å². The van der Waals surface area contributed by atoms with Crippen molar-refractivity contribution in [3.63, 3.8) is 0 Å². The number of aryl methyl sites for hydroxylation is 1. The van der Waals surface area contributed by atoms with Crippen LogP contribution < -0.4 is 5.32 Å². The molecule has 1 saturated carbocycles. The number of hydrogen-bond acceptors (Lipinski definition) is 2. The number of halogens is 1. The fourth-order valence-corrected chi connectivity index (χ4v) is 3.65. The highest BCUT2D eigenvalue weighted by Gasteiger charge is 2.52. The van der Waals surface area contributed by atoms with E-state index in [1.807, 2.05) is 25.0 Å². The Balaban J connectivity index is 2.04. The molecule has 4 heteroatoms. The van der Waals surface area contributed by atoms with E-state index in [4.69, 9.17) is 0 Å². The van der Waals surface area contributed by atoms with Gasteiger partial charge in [0.2, 0.25) is 0 Å². The number of nitrogens with one attached hydrogen (secondary N) is 1. The Morgan fingerprint density at radius 3 is 2.47 bits per heavy atom. The van der Waals surface area contributed by atoms with Crippen LogP contribution in [0.15, 0.2) is 41.0 Å². The van der Waals surface area contributed by atoms with E-state index in [0.29, 0.717) is 0 Å². The lowest BCUT2D eigenvalue weighted by molar-refractivity contribution is 0.433. The molecule has 3 rings (SSSR count). The molecule has 1 aliphatic rings. The van der Waals surface area contributed by atoms with Gasteiger partial charge in [-0.15, -0.1) is 0 Å². The quantitative estimate of drug-likeness (QED) is 0.938. The van der Waals surface area contributed by atoms with Crippen molar-refractivity contribution in [2.24, 2.45) is 7.05 Å². The van der Waals surface area contributed by atoms with Crippen molar-refractivity contribution in [2.45, 2.75) is 24.3 Å². The van der Waals surface area contributed by atoms with Gasteiger partial charge in [0.15, 0.2) is 0 Å². The second-order valence-electron chi connectivity index (χ2n) is 5.25. The second kappa shape index (κ2) is 4.76. The van der Waals surface area contributed by atoms with E-state index in [2.05, 4.69) is 56.7 Å². The Hall–Kier alpha value is -1.13. The first-order valence-corrected chi connectivity index (χ1v) is 7.38. The summed E-state index contributed by atoms with van der Waals surface area (Å²) in [5.74, 6) is 0. The molecule has 3 nitrogen and oxygen atoms in total. The molecule has 100 valence electrons. The van der Waals surface area contributed by atoms with Gasteiger partial charge < -0.3 is 5.32 Å². The largest absolute Gasteiger partial charge is 0.311 e. The summed E-state index contributed by atoms with van der Waals surface area (Å²) in [6.07, 6.45) is 4.32. The van der Waals surface area contributed by atoms with Crippen molar-refractivity contribution >= 4 is 15.9 Å². The molecule has 1 aromatic heterocycles. The molecular weight excluding hydrogens is 302 g/mol. The maximum Gasteiger partial charge on any atom is 0.0701 e. The molecule has 2 aromatic rings. The molecule has 0 spiro atoms. The monoisotopic (exact) mass is 319 g/mol. The number of aromatic nitrogens is 2. The lowest BCUT2D eigenvalue weighted by atomic mass is 9.86. The van der Waals surface area contributed by atoms with Gasteiger partial charge in [-0.25, -0.2) is 0 Å². The number of nitrogens with zero attached hydrogens (tertiary/aromatic N) is 2. The number of likely N-dealkylation sites (N-methyl/N-ethyl adjacent to an activating group) is 1. The topological polar surface area (TPSA) is 29.9 Å². The highest BCUT2D eigenvalue weighted by Crippen LogP contribution is 2.57. The van der Waals surface area contributed by atoms with Crippen LogP contribution in [-0.2, 0) is 12.5 Å². The summed E-state index contributed by atoms with van der Waals surface area (Å²) >= 11 is 3.63. The van der Waals surface area contributed by atoms with Crippen LogP contribution in [0.3, 0.4) is 0 Å². The molecular formula is C15H18BrN3. The molecule has 1 unspecified atom stereocenters. The molecule has 0 saturated heterocycles. The third-order valence-electron chi connectivity index (χ3n) is 4.19. The van der Waals surface area contributed by atoms with E-state index in [-0.39, 0.29) is 11.5 Å². The highest BCUT2D eigenvalue weighted by atomic mass is 79.9. The minimum absolute atomic E-state index is 0.215. The Bertz CT molecular complexity index is 553. The summed E-state index contributed by atoms with van der Waals surface area (Å²) in [7, 11) is 4.04. The summed E-state index contributed by atoms with van der Waals surface area (Å²) in [5.41, 5.74) is 2.86. The third kappa shape index (κ3) is 2.03. The first-order chi connectivity index (χ1) is 9.19. The summed E-state index contributed by atoms with van der Waals surface area (Å²) in [6, 6.07) is 11.1. The summed E-state index contributed by atoms with van der Waals surface area (Å²) in [4.78, 5) is 0. The summed E-state index contributed by atoms with van der Waals surface area (Å²) in [6.45, 7) is 0. The predicted molar refractivity (Wildman–Crippen MR) is 80.1 cm³/mol. The second-order valence-corrected chi connectivity index (χ2v) is 6.10. The third-order valence-corrected chi connectivity index (χ3v) is 4.80. The molecule has 1 N–H and O–H groups in total. The lowest BCUT2D eigenvalue weighted by Gasteiger charge is -2.28. The maximum absolute atomic E-state index is 4.35. The number of rotatable bonds is 4. The Morgan fingerprint density at radius 1 is 1.32 bits per heavy atom. The van der Waals surface area contributed by atoms with Crippen LogP contribution in [0.4, 0.5) is 0 Å². The van der Waals surface area contributed by atoms with Gasteiger partial charge in [0.1, 0.15) is 0 Å². The normalized spacial score (nSPS) is 18.3. The number of benzene rings is 1. The van der Waals surface area contributed by atoms with Crippen LogP contribution in [0.2, 0.25) is 0 Å². The van der Waals surface area contributed by atoms with Gasteiger partial charge in [0.25, 0.3) is 0 Å². The van der Waals surface area contributed by atoms with E-state index in [0.717, 1.165) is 4.47 Å². The van der Waals surface area contributed by atoms with E-state index in [9.17, 15) is 0 Å². The van der Waals surface area contributed by atoms with Crippen LogP contribution in [0.1, 0.15) is 30.1 Å². The van der Waals surface area contributed by atoms with Crippen LogP contribution in [0.5, 0.6) is 0 Å². The average Bonchev–Trinajstić information content (AvgIpc) is 3.17. The van der Waals surface area contributed by atoms with Gasteiger partial charge in [-0.3, -0.25) is 4.68 Å². The van der Waals surface area contributed by atoms with E-state index in [1.54, 1.807) is 0 Å². The molecule has 0 aliphatic heterocycles. The van der Waals surface area contributed by atoms with E-state index < -0.39 is 0 Å². The van der Waals surface area contributed by atoms with Gasteiger partial charge in [-0.2, -0.15) is 5.10 Å². The highest BCUT2D eigenvalue weighted by molar-refractivity contribution is 9.10. The minimum atomic E-state index is 0.215. The molecule has 19 heavy (non-hydrogen) atoms. The van der Waals surface area contributed by atoms with Gasteiger partial charge >= 0.3 is 0 Å². The first-order valence-electron chi connectivity index (χ1n) is 6.59. The van der Waals surface area contributed by atoms with Crippen LogP contribution in [0.25, 0.3) is 0 Å². The molecule has 0 radical (unpaired) electrons. The summed E-state index contributed by atoms with van der Waals surface area (Å²) < 4.78 is 3.05. The summed E-state index contributed by atoms with van der Waals surface area (Å²) in [5, 5.41) is 7.85. The van der Waals surface area contributed by atoms with Crippen molar-refractivity contribution in [3.8, 4) is 0 Å². The van der Waals surface area contributed by atoms with Crippen molar-refractivity contribution in [2.75, 3.05) is 7.05 Å². The fourth-order valence-electron chi connectivity index (χ4n) is 3.07. The van der Waals surface area contributed by atoms with Crippen LogP contribution in [-0.4, -0.2) is 16.8 Å². The molecule has 0 bridgehead atoms. The van der Waals surface area contributed by atoms with Crippen molar-refractivity contribution in [3.05, 3.63) is 52.3 Å². The molecule has 1 heterocycles. The number of hydrogen-bond donors (Lipinski definition) is 1. The fraction of sp³-hybridized carbons (Fsp3) is 0.400. The zero-order chi connectivity index (χ0) is 13.5. The maximum atomic E-state index is 4.35. The molecule has 1 aliphatic carbocycles. The smallest absolute Gasteiger partial charge is 0.0701 e. The molecule has 0 amide bonds. The van der Waals surface area contributed by atoms with Crippen molar-refractivity contribution in [1.82, 2.24) is 15.1 Å². The van der Waals surface area contributed by atoms with E-state index in [1.165, 1.54) is 24.1 Å². The molecule has 1 aromatic carbocycles. The van der Waals surface area contributed by atoms with Crippen LogP contribution >= 0.6 is 15.9 Å². The van der Waals surface area contributed by atoms with Gasteiger partial charge in [-0.1, -0.05) is 30.3 Å². The standard InChI is InChI=1S/C15H18BrN3/c1-17-14(13-12(16)10-18-19(13)2)15(8-9-15)11-6-4-3-5-7-11/h3-7,10,14,17H,8-9H2,1-2H3. The first kappa shape index (κ1) is 12.9. The Morgan fingerprint density at radius 2 is 2.00 bits per heavy atom. The Kier molecular flexibility index (Phi) is 3.23. The Labute approximate surface area is 122 Å². The van der Waals surface area contributed by atoms with Gasteiger partial charge in [0, 0.05) is 12.5 Å². The molecule has 1 fully saturated rings. The predicted octanol–water partition coefficient (Wildman–Crippen LogP) is 3.17. The zero-order valence-corrected chi connectivity index (χ0v) is 12.8. The van der Waals surface area contributed by atoms with Gasteiger partial charge in [-0.05, 0) is 41.4 Å². The average molecular weight is 320 g/mol. The van der Waals surface area contributed by atoms with Crippen molar-refractivity contribution < 1.29 is 0 Å². The zero-order valence-electron chi connectivity index (χ0n) is 11.2. The lowest BCUT2D eigenvalue weighted by Crippen LogP contribution is -2.31. The molecule has 1 atom stereocenters. The minimum Gasteiger partial charge on any atom is -0.311 e. The van der Waals surface area contributed by atoms with E-state index >= 15 is 0 Å².